The van der Waals surface area contributed by atoms with Gasteiger partial charge in [-0.15, -0.1) is 0 Å². The first kappa shape index (κ1) is 23.8. The van der Waals surface area contributed by atoms with Gasteiger partial charge in [0.25, 0.3) is 0 Å². The van der Waals surface area contributed by atoms with Gasteiger partial charge < -0.3 is 14.8 Å². The molecule has 0 spiro atoms. The van der Waals surface area contributed by atoms with Gasteiger partial charge in [0, 0.05) is 17.4 Å². The Morgan fingerprint density at radius 1 is 0.868 bits per heavy atom. The van der Waals surface area contributed by atoms with Crippen LogP contribution < -0.4 is 5.32 Å². The lowest BCUT2D eigenvalue weighted by molar-refractivity contribution is 0.194. The highest BCUT2D eigenvalue weighted by Gasteiger charge is 2.36. The summed E-state index contributed by atoms with van der Waals surface area (Å²) in [6.07, 6.45) is 3.69. The third kappa shape index (κ3) is 4.08. The van der Waals surface area contributed by atoms with E-state index < -0.39 is 0 Å². The summed E-state index contributed by atoms with van der Waals surface area (Å²) in [4.78, 5) is 16.1. The number of hydrogen-bond acceptors (Lipinski definition) is 2. The third-order valence-electron chi connectivity index (χ3n) is 7.32. The van der Waals surface area contributed by atoms with Crippen LogP contribution in [0.25, 0.3) is 11.5 Å². The minimum absolute atomic E-state index is 0.130. The molecule has 5 aromatic rings. The number of carbonyl (C=O) groups excluding carboxylic acids is 1. The van der Waals surface area contributed by atoms with Gasteiger partial charge in [-0.3, -0.25) is 0 Å². The number of amides is 2. The summed E-state index contributed by atoms with van der Waals surface area (Å²) in [5.74, 6) is 0.984. The molecule has 38 heavy (non-hydrogen) atoms. The third-order valence-corrected chi connectivity index (χ3v) is 7.32. The zero-order valence-electron chi connectivity index (χ0n) is 21.7. The fourth-order valence-corrected chi connectivity index (χ4v) is 5.47. The minimum atomic E-state index is -0.277. The maximum Gasteiger partial charge on any atom is 0.322 e. The number of aryl methyl sites for hydroxylation is 2. The Morgan fingerprint density at radius 3 is 2.32 bits per heavy atom. The van der Waals surface area contributed by atoms with Crippen molar-refractivity contribution in [3.63, 3.8) is 0 Å². The normalized spacial score (nSPS) is 14.5. The molecule has 0 saturated carbocycles. The number of urea groups is 1. The maximum atomic E-state index is 14.2. The number of nitrogens with zero attached hydrogens (tertiary/aromatic N) is 4. The van der Waals surface area contributed by atoms with E-state index in [0.29, 0.717) is 6.54 Å². The standard InChI is InChI=1S/C32H31N5O/c1-3-23-14-11-12-19-28(23)33-32(38)36-22-26-27(4-2)34-37(25-17-9-6-10-18-25)31(26)35-21-13-20-29(35)30(36)24-15-7-5-8-16-24/h5-21,30H,3-4,22H2,1-2H3,(H,33,38)/t30-/m0/s1. The molecular weight excluding hydrogens is 470 g/mol. The van der Waals surface area contributed by atoms with Crippen LogP contribution in [-0.4, -0.2) is 25.3 Å². The molecule has 0 radical (unpaired) electrons. The quantitative estimate of drug-likeness (QED) is 0.284. The second kappa shape index (κ2) is 10.1. The second-order valence-electron chi connectivity index (χ2n) is 9.53. The van der Waals surface area contributed by atoms with Gasteiger partial charge in [-0.2, -0.15) is 5.10 Å². The van der Waals surface area contributed by atoms with Crippen molar-refractivity contribution >= 4 is 11.7 Å². The molecule has 0 aliphatic carbocycles. The van der Waals surface area contributed by atoms with Crippen molar-refractivity contribution in [2.24, 2.45) is 0 Å². The molecule has 3 heterocycles. The van der Waals surface area contributed by atoms with Crippen molar-refractivity contribution in [1.82, 2.24) is 19.2 Å². The van der Waals surface area contributed by atoms with Gasteiger partial charge in [0.15, 0.2) is 0 Å². The molecule has 6 rings (SSSR count). The number of fused-ring (bicyclic) bond motifs is 3. The number of para-hydroxylation sites is 2. The van der Waals surface area contributed by atoms with Crippen LogP contribution in [0.5, 0.6) is 0 Å². The number of benzene rings is 3. The predicted octanol–water partition coefficient (Wildman–Crippen LogP) is 6.92. The molecule has 1 aliphatic heterocycles. The molecule has 2 aromatic heterocycles. The number of nitrogens with one attached hydrogen (secondary N) is 1. The van der Waals surface area contributed by atoms with E-state index in [-0.39, 0.29) is 12.1 Å². The van der Waals surface area contributed by atoms with Crippen LogP contribution in [0, 0.1) is 0 Å². The number of aromatic nitrogens is 3. The largest absolute Gasteiger partial charge is 0.322 e. The van der Waals surface area contributed by atoms with Crippen LogP contribution in [-0.2, 0) is 19.4 Å². The van der Waals surface area contributed by atoms with E-state index in [1.807, 2.05) is 64.2 Å². The Kier molecular flexibility index (Phi) is 6.30. The van der Waals surface area contributed by atoms with Crippen molar-refractivity contribution in [2.75, 3.05) is 5.32 Å². The highest BCUT2D eigenvalue weighted by molar-refractivity contribution is 5.91. The Hall–Kier alpha value is -4.58. The first-order valence-electron chi connectivity index (χ1n) is 13.2. The van der Waals surface area contributed by atoms with Crippen LogP contribution in [0.3, 0.4) is 0 Å². The molecule has 1 N–H and O–H groups in total. The number of hydrogen-bond donors (Lipinski definition) is 1. The molecule has 0 bridgehead atoms. The lowest BCUT2D eigenvalue weighted by Gasteiger charge is -2.31. The van der Waals surface area contributed by atoms with Gasteiger partial charge >= 0.3 is 6.03 Å². The Morgan fingerprint density at radius 2 is 1.58 bits per heavy atom. The molecule has 0 fully saturated rings. The fourth-order valence-electron chi connectivity index (χ4n) is 5.47. The van der Waals surface area contributed by atoms with Crippen LogP contribution in [0.4, 0.5) is 10.5 Å². The average Bonchev–Trinajstić information content (AvgIpc) is 3.55. The fraction of sp³-hybridized carbons (Fsp3) is 0.188. The summed E-state index contributed by atoms with van der Waals surface area (Å²) in [5, 5.41) is 8.28. The van der Waals surface area contributed by atoms with E-state index in [1.165, 1.54) is 0 Å². The summed E-state index contributed by atoms with van der Waals surface area (Å²) < 4.78 is 4.23. The molecule has 3 aromatic carbocycles. The van der Waals surface area contributed by atoms with Crippen molar-refractivity contribution in [2.45, 2.75) is 39.3 Å². The highest BCUT2D eigenvalue weighted by atomic mass is 16.2. The van der Waals surface area contributed by atoms with Crippen molar-refractivity contribution in [1.29, 1.82) is 0 Å². The number of rotatable bonds is 5. The van der Waals surface area contributed by atoms with E-state index in [1.54, 1.807) is 0 Å². The molecule has 6 nitrogen and oxygen atoms in total. The monoisotopic (exact) mass is 501 g/mol. The van der Waals surface area contributed by atoms with Crippen LogP contribution in [0.15, 0.2) is 103 Å². The summed E-state index contributed by atoms with van der Waals surface area (Å²) in [7, 11) is 0. The smallest absolute Gasteiger partial charge is 0.308 e. The lowest BCUT2D eigenvalue weighted by Crippen LogP contribution is -2.38. The Bertz CT molecular complexity index is 1570. The number of carbonyl (C=O) groups is 1. The summed E-state index contributed by atoms with van der Waals surface area (Å²) in [6, 6.07) is 32.3. The van der Waals surface area contributed by atoms with Crippen molar-refractivity contribution in [3.05, 3.63) is 131 Å². The molecule has 2 amide bonds. The van der Waals surface area contributed by atoms with E-state index in [9.17, 15) is 4.79 Å². The molecule has 0 saturated heterocycles. The summed E-state index contributed by atoms with van der Waals surface area (Å²) in [5.41, 5.74) is 7.09. The van der Waals surface area contributed by atoms with Crippen LogP contribution in [0.2, 0.25) is 0 Å². The van der Waals surface area contributed by atoms with E-state index in [4.69, 9.17) is 5.10 Å². The molecular formula is C32H31N5O. The Balaban J connectivity index is 1.54. The maximum absolute atomic E-state index is 14.2. The second-order valence-corrected chi connectivity index (χ2v) is 9.53. The topological polar surface area (TPSA) is 55.1 Å². The van der Waals surface area contributed by atoms with Gasteiger partial charge in [-0.1, -0.05) is 80.6 Å². The highest BCUT2D eigenvalue weighted by Crippen LogP contribution is 2.39. The first-order valence-corrected chi connectivity index (χ1v) is 13.2. The molecule has 1 atom stereocenters. The predicted molar refractivity (Wildman–Crippen MR) is 151 cm³/mol. The van der Waals surface area contributed by atoms with Gasteiger partial charge in [0.2, 0.25) is 0 Å². The van der Waals surface area contributed by atoms with Crippen molar-refractivity contribution in [3.8, 4) is 11.5 Å². The van der Waals surface area contributed by atoms with E-state index >= 15 is 0 Å². The zero-order chi connectivity index (χ0) is 26.1. The zero-order valence-corrected chi connectivity index (χ0v) is 21.7. The van der Waals surface area contributed by atoms with Crippen LogP contribution in [0.1, 0.15) is 48.0 Å². The number of anilines is 1. The van der Waals surface area contributed by atoms with Crippen LogP contribution >= 0.6 is 0 Å². The van der Waals surface area contributed by atoms with Crippen molar-refractivity contribution < 1.29 is 4.79 Å². The summed E-state index contributed by atoms with van der Waals surface area (Å²) in [6.45, 7) is 4.66. The average molecular weight is 502 g/mol. The van der Waals surface area contributed by atoms with E-state index in [2.05, 4.69) is 72.4 Å². The SMILES string of the molecule is CCc1ccccc1NC(=O)N1Cc2c(CC)nn(-c3ccccc3)c2-n2cccc2[C@@H]1c1ccccc1. The molecule has 190 valence electrons. The molecule has 1 aliphatic rings. The van der Waals surface area contributed by atoms with Gasteiger partial charge in [0.05, 0.1) is 29.7 Å². The Labute approximate surface area is 223 Å². The van der Waals surface area contributed by atoms with Gasteiger partial charge in [-0.25, -0.2) is 9.48 Å². The molecule has 6 heteroatoms. The van der Waals surface area contributed by atoms with Gasteiger partial charge in [0.1, 0.15) is 5.82 Å². The molecule has 0 unspecified atom stereocenters. The minimum Gasteiger partial charge on any atom is -0.308 e. The lowest BCUT2D eigenvalue weighted by atomic mass is 10.0. The van der Waals surface area contributed by atoms with E-state index in [0.717, 1.165) is 58.1 Å². The first-order chi connectivity index (χ1) is 18.7. The van der Waals surface area contributed by atoms with Gasteiger partial charge in [-0.05, 0) is 54.3 Å². The summed E-state index contributed by atoms with van der Waals surface area (Å²) >= 11 is 0.